The summed E-state index contributed by atoms with van der Waals surface area (Å²) in [5.41, 5.74) is 1.08. The van der Waals surface area contributed by atoms with E-state index in [1.165, 1.54) is 0 Å². The van der Waals surface area contributed by atoms with Gasteiger partial charge in [-0.2, -0.15) is 0 Å². The van der Waals surface area contributed by atoms with Crippen molar-refractivity contribution < 1.29 is 9.47 Å². The number of rotatable bonds is 6. The van der Waals surface area contributed by atoms with Gasteiger partial charge in [0.05, 0.1) is 6.61 Å². The molecule has 3 rings (SSSR count). The SMILES string of the molecule is CCOc1ccc(Oc2cc(CNC3=NCCCN3)ccn2)cc1. The van der Waals surface area contributed by atoms with E-state index in [2.05, 4.69) is 20.6 Å². The molecule has 6 heteroatoms. The maximum Gasteiger partial charge on any atom is 0.219 e. The van der Waals surface area contributed by atoms with Crippen LogP contribution in [0.4, 0.5) is 0 Å². The molecule has 126 valence electrons. The predicted molar refractivity (Wildman–Crippen MR) is 93.7 cm³/mol. The number of aliphatic imine (C=N–C) groups is 1. The minimum absolute atomic E-state index is 0.567. The summed E-state index contributed by atoms with van der Waals surface area (Å²) in [5, 5.41) is 6.53. The molecule has 0 bridgehead atoms. The summed E-state index contributed by atoms with van der Waals surface area (Å²) in [6, 6.07) is 11.4. The molecule has 2 aromatic rings. The first-order valence-electron chi connectivity index (χ1n) is 8.21. The largest absolute Gasteiger partial charge is 0.494 e. The summed E-state index contributed by atoms with van der Waals surface area (Å²) in [5.74, 6) is 2.98. The van der Waals surface area contributed by atoms with E-state index in [-0.39, 0.29) is 0 Å². The Balaban J connectivity index is 1.59. The fourth-order valence-electron chi connectivity index (χ4n) is 2.34. The Labute approximate surface area is 141 Å². The number of hydrogen-bond donors (Lipinski definition) is 2. The third kappa shape index (κ3) is 4.62. The molecule has 0 fully saturated rings. The van der Waals surface area contributed by atoms with Gasteiger partial charge in [-0.3, -0.25) is 4.99 Å². The van der Waals surface area contributed by atoms with Crippen LogP contribution in [0.2, 0.25) is 0 Å². The zero-order valence-corrected chi connectivity index (χ0v) is 13.8. The molecule has 0 saturated heterocycles. The number of hydrogen-bond acceptors (Lipinski definition) is 6. The Kier molecular flexibility index (Phi) is 5.50. The Morgan fingerprint density at radius 1 is 1.17 bits per heavy atom. The van der Waals surface area contributed by atoms with Crippen molar-refractivity contribution in [1.82, 2.24) is 15.6 Å². The van der Waals surface area contributed by atoms with Gasteiger partial charge in [0.25, 0.3) is 0 Å². The second kappa shape index (κ2) is 8.19. The van der Waals surface area contributed by atoms with Crippen molar-refractivity contribution >= 4 is 5.96 Å². The van der Waals surface area contributed by atoms with Crippen molar-refractivity contribution in [3.63, 3.8) is 0 Å². The summed E-state index contributed by atoms with van der Waals surface area (Å²) in [6.45, 7) is 5.12. The number of aromatic nitrogens is 1. The zero-order chi connectivity index (χ0) is 16.6. The maximum atomic E-state index is 5.80. The Morgan fingerprint density at radius 2 is 2.00 bits per heavy atom. The van der Waals surface area contributed by atoms with Crippen LogP contribution in [0.1, 0.15) is 18.9 Å². The molecule has 0 saturated carbocycles. The number of nitrogens with one attached hydrogen (secondary N) is 2. The average molecular weight is 326 g/mol. The molecule has 1 aliphatic rings. The highest BCUT2D eigenvalue weighted by Crippen LogP contribution is 2.23. The first kappa shape index (κ1) is 16.1. The van der Waals surface area contributed by atoms with Crippen LogP contribution in [0.3, 0.4) is 0 Å². The van der Waals surface area contributed by atoms with Crippen LogP contribution in [0.25, 0.3) is 0 Å². The highest BCUT2D eigenvalue weighted by atomic mass is 16.5. The Hall–Kier alpha value is -2.76. The molecule has 1 aromatic carbocycles. The maximum absolute atomic E-state index is 5.80. The topological polar surface area (TPSA) is 67.8 Å². The van der Waals surface area contributed by atoms with Crippen LogP contribution in [-0.2, 0) is 6.54 Å². The summed E-state index contributed by atoms with van der Waals surface area (Å²) in [6.07, 6.45) is 2.83. The van der Waals surface area contributed by atoms with Crippen molar-refractivity contribution in [2.45, 2.75) is 19.9 Å². The summed E-state index contributed by atoms with van der Waals surface area (Å²) >= 11 is 0. The van der Waals surface area contributed by atoms with Crippen molar-refractivity contribution in [3.05, 3.63) is 48.2 Å². The minimum atomic E-state index is 0.567. The van der Waals surface area contributed by atoms with E-state index >= 15 is 0 Å². The first-order chi connectivity index (χ1) is 11.8. The number of benzene rings is 1. The van der Waals surface area contributed by atoms with Gasteiger partial charge in [0.2, 0.25) is 5.88 Å². The zero-order valence-electron chi connectivity index (χ0n) is 13.8. The molecule has 0 radical (unpaired) electrons. The molecule has 0 aliphatic carbocycles. The van der Waals surface area contributed by atoms with Crippen LogP contribution in [-0.4, -0.2) is 30.6 Å². The summed E-state index contributed by atoms with van der Waals surface area (Å²) in [7, 11) is 0. The van der Waals surface area contributed by atoms with Gasteiger partial charge in [0, 0.05) is 31.9 Å². The van der Waals surface area contributed by atoms with E-state index in [0.29, 0.717) is 19.0 Å². The van der Waals surface area contributed by atoms with E-state index < -0.39 is 0 Å². The number of guanidine groups is 1. The van der Waals surface area contributed by atoms with Gasteiger partial charge >= 0.3 is 0 Å². The smallest absolute Gasteiger partial charge is 0.219 e. The monoisotopic (exact) mass is 326 g/mol. The molecule has 0 unspecified atom stereocenters. The second-order valence-electron chi connectivity index (χ2n) is 5.37. The highest BCUT2D eigenvalue weighted by Gasteiger charge is 2.05. The highest BCUT2D eigenvalue weighted by molar-refractivity contribution is 5.80. The number of pyridine rings is 1. The van der Waals surface area contributed by atoms with Crippen LogP contribution < -0.4 is 20.1 Å². The summed E-state index contributed by atoms with van der Waals surface area (Å²) in [4.78, 5) is 8.65. The number of nitrogens with zero attached hydrogens (tertiary/aromatic N) is 2. The first-order valence-corrected chi connectivity index (χ1v) is 8.21. The van der Waals surface area contributed by atoms with E-state index in [0.717, 1.165) is 42.5 Å². The van der Waals surface area contributed by atoms with E-state index in [9.17, 15) is 0 Å². The predicted octanol–water partition coefficient (Wildman–Crippen LogP) is 2.71. The quantitative estimate of drug-likeness (QED) is 0.854. The number of ether oxygens (including phenoxy) is 2. The molecule has 0 amide bonds. The summed E-state index contributed by atoms with van der Waals surface area (Å²) < 4.78 is 11.2. The van der Waals surface area contributed by atoms with Crippen LogP contribution in [0.5, 0.6) is 17.4 Å². The molecular weight excluding hydrogens is 304 g/mol. The Morgan fingerprint density at radius 3 is 2.75 bits per heavy atom. The van der Waals surface area contributed by atoms with Gasteiger partial charge in [-0.25, -0.2) is 4.98 Å². The fourth-order valence-corrected chi connectivity index (χ4v) is 2.34. The molecule has 1 aliphatic heterocycles. The molecular formula is C18H22N4O2. The average Bonchev–Trinajstić information content (AvgIpc) is 2.63. The lowest BCUT2D eigenvalue weighted by atomic mass is 10.2. The lowest BCUT2D eigenvalue weighted by Gasteiger charge is -2.16. The molecule has 2 heterocycles. The van der Waals surface area contributed by atoms with Gasteiger partial charge in [0.1, 0.15) is 11.5 Å². The third-order valence-corrected chi connectivity index (χ3v) is 3.51. The molecule has 0 atom stereocenters. The second-order valence-corrected chi connectivity index (χ2v) is 5.37. The molecule has 24 heavy (non-hydrogen) atoms. The fraction of sp³-hybridized carbons (Fsp3) is 0.333. The van der Waals surface area contributed by atoms with Crippen molar-refractivity contribution in [2.75, 3.05) is 19.7 Å². The van der Waals surface area contributed by atoms with Crippen molar-refractivity contribution in [1.29, 1.82) is 0 Å². The van der Waals surface area contributed by atoms with Crippen LogP contribution in [0.15, 0.2) is 47.6 Å². The van der Waals surface area contributed by atoms with Crippen LogP contribution in [0, 0.1) is 0 Å². The standard InChI is InChI=1S/C18H22N4O2/c1-2-23-15-4-6-16(7-5-15)24-17-12-14(8-11-19-17)13-22-18-20-9-3-10-21-18/h4-8,11-12H,2-3,9-10,13H2,1H3,(H2,20,21,22). The van der Waals surface area contributed by atoms with Crippen LogP contribution >= 0.6 is 0 Å². The Bertz CT molecular complexity index is 686. The van der Waals surface area contributed by atoms with Gasteiger partial charge < -0.3 is 20.1 Å². The molecule has 1 aromatic heterocycles. The molecule has 2 N–H and O–H groups in total. The molecule has 0 spiro atoms. The van der Waals surface area contributed by atoms with E-state index in [4.69, 9.17) is 9.47 Å². The van der Waals surface area contributed by atoms with Crippen molar-refractivity contribution in [3.8, 4) is 17.4 Å². The lowest BCUT2D eigenvalue weighted by Crippen LogP contribution is -2.40. The van der Waals surface area contributed by atoms with E-state index in [1.54, 1.807) is 6.20 Å². The van der Waals surface area contributed by atoms with Gasteiger partial charge in [0.15, 0.2) is 5.96 Å². The minimum Gasteiger partial charge on any atom is -0.494 e. The van der Waals surface area contributed by atoms with Crippen molar-refractivity contribution in [2.24, 2.45) is 4.99 Å². The van der Waals surface area contributed by atoms with Gasteiger partial charge in [-0.05, 0) is 49.2 Å². The van der Waals surface area contributed by atoms with Gasteiger partial charge in [-0.15, -0.1) is 0 Å². The van der Waals surface area contributed by atoms with Gasteiger partial charge in [-0.1, -0.05) is 0 Å². The normalized spacial score (nSPS) is 13.6. The molecule has 6 nitrogen and oxygen atoms in total. The lowest BCUT2D eigenvalue weighted by molar-refractivity contribution is 0.339. The third-order valence-electron chi connectivity index (χ3n) is 3.51. The van der Waals surface area contributed by atoms with E-state index in [1.807, 2.05) is 43.3 Å².